The Bertz CT molecular complexity index is 492. The third-order valence-electron chi connectivity index (χ3n) is 2.75. The fourth-order valence-corrected chi connectivity index (χ4v) is 1.63. The molecule has 3 nitrogen and oxygen atoms in total. The lowest BCUT2D eigenvalue weighted by molar-refractivity contribution is -0.136. The average Bonchev–Trinajstić information content (AvgIpc) is 2.48. The van der Waals surface area contributed by atoms with Crippen LogP contribution in [0.4, 0.5) is 0 Å². The Balaban J connectivity index is 0.000000204. The molecule has 2 N–H and O–H groups in total. The molecule has 0 spiro atoms. The highest BCUT2D eigenvalue weighted by Crippen LogP contribution is 2.09. The van der Waals surface area contributed by atoms with E-state index in [1.165, 1.54) is 0 Å². The standard InChI is InChI=1S/C9H10O2.C8H10O/c10-9(11)7-6-8-4-2-1-3-5-8;1-7(9)8-5-3-2-4-6-8/h1-5H,6-7H2,(H,10,11);2-7,9H,1H3. The van der Waals surface area contributed by atoms with E-state index in [-0.39, 0.29) is 12.5 Å². The minimum atomic E-state index is -0.742. The van der Waals surface area contributed by atoms with Gasteiger partial charge in [-0.25, -0.2) is 0 Å². The van der Waals surface area contributed by atoms with Crippen molar-refractivity contribution in [3.63, 3.8) is 0 Å². The van der Waals surface area contributed by atoms with Crippen molar-refractivity contribution in [1.82, 2.24) is 0 Å². The van der Waals surface area contributed by atoms with Crippen molar-refractivity contribution in [2.24, 2.45) is 0 Å². The van der Waals surface area contributed by atoms with Crippen LogP contribution in [0, 0.1) is 0 Å². The van der Waals surface area contributed by atoms with Crippen LogP contribution in [0.3, 0.4) is 0 Å². The maximum Gasteiger partial charge on any atom is 0.303 e. The van der Waals surface area contributed by atoms with Crippen LogP contribution in [-0.4, -0.2) is 16.2 Å². The summed E-state index contributed by atoms with van der Waals surface area (Å²) in [7, 11) is 0. The predicted octanol–water partition coefficient (Wildman–Crippen LogP) is 3.44. The number of benzene rings is 2. The van der Waals surface area contributed by atoms with Gasteiger partial charge in [0.25, 0.3) is 0 Å². The predicted molar refractivity (Wildman–Crippen MR) is 79.5 cm³/mol. The molecule has 0 aromatic heterocycles. The summed E-state index contributed by atoms with van der Waals surface area (Å²) in [5.41, 5.74) is 2.05. The van der Waals surface area contributed by atoms with Gasteiger partial charge in [-0.3, -0.25) is 4.79 Å². The van der Waals surface area contributed by atoms with E-state index >= 15 is 0 Å². The topological polar surface area (TPSA) is 57.5 Å². The van der Waals surface area contributed by atoms with Crippen LogP contribution in [-0.2, 0) is 11.2 Å². The van der Waals surface area contributed by atoms with Gasteiger partial charge in [0.05, 0.1) is 6.10 Å². The molecule has 0 saturated carbocycles. The van der Waals surface area contributed by atoms with Crippen LogP contribution < -0.4 is 0 Å². The summed E-state index contributed by atoms with van der Waals surface area (Å²) in [6.45, 7) is 1.76. The number of carbonyl (C=O) groups is 1. The normalized spacial score (nSPS) is 11.1. The highest BCUT2D eigenvalue weighted by molar-refractivity contribution is 5.67. The zero-order valence-electron chi connectivity index (χ0n) is 11.6. The number of hydrogen-bond acceptors (Lipinski definition) is 2. The Morgan fingerprint density at radius 2 is 1.50 bits per heavy atom. The van der Waals surface area contributed by atoms with E-state index in [2.05, 4.69) is 0 Å². The van der Waals surface area contributed by atoms with Crippen LogP contribution in [0.5, 0.6) is 0 Å². The van der Waals surface area contributed by atoms with Crippen molar-refractivity contribution in [1.29, 1.82) is 0 Å². The molecule has 0 aliphatic rings. The number of aliphatic carboxylic acids is 1. The number of aryl methyl sites for hydroxylation is 1. The van der Waals surface area contributed by atoms with Gasteiger partial charge in [0.15, 0.2) is 0 Å². The minimum absolute atomic E-state index is 0.212. The molecule has 2 aromatic carbocycles. The van der Waals surface area contributed by atoms with Crippen LogP contribution >= 0.6 is 0 Å². The molecular formula is C17H20O3. The Kier molecular flexibility index (Phi) is 7.07. The third kappa shape index (κ3) is 6.71. The number of aliphatic hydroxyl groups is 1. The van der Waals surface area contributed by atoms with E-state index in [1.807, 2.05) is 60.7 Å². The highest BCUT2D eigenvalue weighted by atomic mass is 16.4. The first-order valence-corrected chi connectivity index (χ1v) is 6.58. The fourth-order valence-electron chi connectivity index (χ4n) is 1.63. The van der Waals surface area contributed by atoms with Gasteiger partial charge in [0, 0.05) is 6.42 Å². The van der Waals surface area contributed by atoms with E-state index in [4.69, 9.17) is 10.2 Å². The lowest BCUT2D eigenvalue weighted by atomic mass is 10.1. The summed E-state index contributed by atoms with van der Waals surface area (Å²) in [6.07, 6.45) is 0.492. The molecule has 3 heteroatoms. The molecule has 0 heterocycles. The molecule has 2 aromatic rings. The molecule has 0 saturated heterocycles. The van der Waals surface area contributed by atoms with Gasteiger partial charge in [0.1, 0.15) is 0 Å². The van der Waals surface area contributed by atoms with Gasteiger partial charge in [-0.2, -0.15) is 0 Å². The van der Waals surface area contributed by atoms with Crippen LogP contribution in [0.15, 0.2) is 60.7 Å². The Morgan fingerprint density at radius 3 is 1.90 bits per heavy atom. The van der Waals surface area contributed by atoms with Gasteiger partial charge in [-0.05, 0) is 24.5 Å². The van der Waals surface area contributed by atoms with Crippen molar-refractivity contribution in [3.05, 3.63) is 71.8 Å². The lowest BCUT2D eigenvalue weighted by Crippen LogP contribution is -1.96. The first-order valence-electron chi connectivity index (χ1n) is 6.58. The highest BCUT2D eigenvalue weighted by Gasteiger charge is 1.96. The Hall–Kier alpha value is -2.13. The number of carboxylic acid groups (broad SMARTS) is 1. The summed E-state index contributed by atoms with van der Waals surface area (Å²) < 4.78 is 0. The smallest absolute Gasteiger partial charge is 0.303 e. The van der Waals surface area contributed by atoms with E-state index in [9.17, 15) is 4.79 Å². The van der Waals surface area contributed by atoms with E-state index in [0.29, 0.717) is 6.42 Å². The molecule has 106 valence electrons. The van der Waals surface area contributed by atoms with Crippen molar-refractivity contribution in [2.45, 2.75) is 25.9 Å². The summed E-state index contributed by atoms with van der Waals surface area (Å²) >= 11 is 0. The fraction of sp³-hybridized carbons (Fsp3) is 0.235. The van der Waals surface area contributed by atoms with E-state index in [1.54, 1.807) is 6.92 Å². The maximum absolute atomic E-state index is 10.2. The second-order valence-electron chi connectivity index (χ2n) is 4.47. The van der Waals surface area contributed by atoms with Crippen LogP contribution in [0.1, 0.15) is 30.6 Å². The summed E-state index contributed by atoms with van der Waals surface area (Å²) in [5.74, 6) is -0.742. The van der Waals surface area contributed by atoms with Gasteiger partial charge in [-0.1, -0.05) is 60.7 Å². The first kappa shape index (κ1) is 15.9. The van der Waals surface area contributed by atoms with Crippen molar-refractivity contribution in [3.8, 4) is 0 Å². The second-order valence-corrected chi connectivity index (χ2v) is 4.47. The molecule has 1 atom stereocenters. The van der Waals surface area contributed by atoms with Gasteiger partial charge in [-0.15, -0.1) is 0 Å². The van der Waals surface area contributed by atoms with E-state index in [0.717, 1.165) is 11.1 Å². The quantitative estimate of drug-likeness (QED) is 0.896. The molecule has 20 heavy (non-hydrogen) atoms. The molecule has 0 radical (unpaired) electrons. The Labute approximate surface area is 119 Å². The molecule has 0 bridgehead atoms. The zero-order chi connectivity index (χ0) is 14.8. The van der Waals surface area contributed by atoms with E-state index < -0.39 is 5.97 Å². The molecule has 1 unspecified atom stereocenters. The molecular weight excluding hydrogens is 252 g/mol. The first-order chi connectivity index (χ1) is 9.59. The third-order valence-corrected chi connectivity index (χ3v) is 2.75. The van der Waals surface area contributed by atoms with Crippen molar-refractivity contribution in [2.75, 3.05) is 0 Å². The number of aliphatic hydroxyl groups excluding tert-OH is 1. The average molecular weight is 272 g/mol. The largest absolute Gasteiger partial charge is 0.481 e. The summed E-state index contributed by atoms with van der Waals surface area (Å²) in [6, 6.07) is 19.2. The van der Waals surface area contributed by atoms with Crippen molar-refractivity contribution < 1.29 is 15.0 Å². The monoisotopic (exact) mass is 272 g/mol. The minimum Gasteiger partial charge on any atom is -0.481 e. The zero-order valence-corrected chi connectivity index (χ0v) is 11.6. The molecule has 2 rings (SSSR count). The van der Waals surface area contributed by atoms with Gasteiger partial charge in [0.2, 0.25) is 0 Å². The van der Waals surface area contributed by atoms with Crippen molar-refractivity contribution >= 4 is 5.97 Å². The lowest BCUT2D eigenvalue weighted by Gasteiger charge is -2.00. The molecule has 0 fully saturated rings. The SMILES string of the molecule is CC(O)c1ccccc1.O=C(O)CCc1ccccc1. The molecule has 0 aliphatic heterocycles. The Morgan fingerprint density at radius 1 is 1.00 bits per heavy atom. The molecule has 0 aliphatic carbocycles. The van der Waals surface area contributed by atoms with Crippen LogP contribution in [0.2, 0.25) is 0 Å². The summed E-state index contributed by atoms with van der Waals surface area (Å²) in [5, 5.41) is 17.4. The van der Waals surface area contributed by atoms with Crippen LogP contribution in [0.25, 0.3) is 0 Å². The number of rotatable bonds is 4. The maximum atomic E-state index is 10.2. The molecule has 0 amide bonds. The second kappa shape index (κ2) is 8.88. The van der Waals surface area contributed by atoms with Gasteiger partial charge < -0.3 is 10.2 Å². The number of hydrogen-bond donors (Lipinski definition) is 2. The summed E-state index contributed by atoms with van der Waals surface area (Å²) in [4.78, 5) is 10.2. The van der Waals surface area contributed by atoms with Gasteiger partial charge >= 0.3 is 5.97 Å². The number of carboxylic acids is 1.